The minimum atomic E-state index is -0.400. The fraction of sp³-hybridized carbons (Fsp3) is 0.300. The summed E-state index contributed by atoms with van der Waals surface area (Å²) < 4.78 is 17.6. The van der Waals surface area contributed by atoms with E-state index in [1.165, 1.54) is 12.1 Å². The van der Waals surface area contributed by atoms with Crippen LogP contribution < -0.4 is 5.73 Å². The highest BCUT2D eigenvalue weighted by Gasteiger charge is 2.10. The van der Waals surface area contributed by atoms with Gasteiger partial charge in [-0.25, -0.2) is 9.37 Å². The van der Waals surface area contributed by atoms with Gasteiger partial charge in [0, 0.05) is 12.5 Å². The molecule has 0 spiro atoms. The molecule has 0 aliphatic rings. The van der Waals surface area contributed by atoms with Crippen molar-refractivity contribution in [2.45, 2.75) is 19.4 Å². The molecular weight excluding hydrogens is 211 g/mol. The van der Waals surface area contributed by atoms with E-state index in [1.807, 2.05) is 6.92 Å². The molecule has 2 rings (SSSR count). The summed E-state index contributed by atoms with van der Waals surface area (Å²) >= 11 is 0. The largest absolute Gasteiger partial charge is 0.339 e. The molecule has 0 aliphatic heterocycles. The highest BCUT2D eigenvalue weighted by atomic mass is 19.1. The van der Waals surface area contributed by atoms with Crippen LogP contribution in [0.25, 0.3) is 11.5 Å². The van der Waals surface area contributed by atoms with Crippen molar-refractivity contribution in [3.8, 4) is 11.5 Å². The maximum Gasteiger partial charge on any atom is 0.228 e. The molecule has 1 unspecified atom stereocenters. The third-order valence-electron chi connectivity index (χ3n) is 1.92. The highest BCUT2D eigenvalue weighted by molar-refractivity contribution is 5.47. The summed E-state index contributed by atoms with van der Waals surface area (Å²) in [6.07, 6.45) is 1.62. The molecule has 2 N–H and O–H groups in total. The number of hydrogen-bond donors (Lipinski definition) is 1. The Morgan fingerprint density at radius 1 is 1.50 bits per heavy atom. The summed E-state index contributed by atoms with van der Waals surface area (Å²) in [6, 6.07) is 2.74. The Morgan fingerprint density at radius 3 is 2.94 bits per heavy atom. The second-order valence-corrected chi connectivity index (χ2v) is 3.55. The van der Waals surface area contributed by atoms with Gasteiger partial charge < -0.3 is 10.3 Å². The first-order valence-corrected chi connectivity index (χ1v) is 4.85. The topological polar surface area (TPSA) is 77.8 Å². The molecular formula is C10H11FN4O. The SMILES string of the molecule is CC(N)Cc1nc(-c2ccc(F)cn2)no1. The number of nitrogens with two attached hydrogens (primary N) is 1. The minimum Gasteiger partial charge on any atom is -0.339 e. The molecule has 0 bridgehead atoms. The molecule has 1 atom stereocenters. The number of aromatic nitrogens is 3. The molecule has 2 heterocycles. The van der Waals surface area contributed by atoms with Crippen molar-refractivity contribution in [3.63, 3.8) is 0 Å². The highest BCUT2D eigenvalue weighted by Crippen LogP contribution is 2.13. The van der Waals surface area contributed by atoms with E-state index in [2.05, 4.69) is 15.1 Å². The van der Waals surface area contributed by atoms with E-state index >= 15 is 0 Å². The molecule has 0 fully saturated rings. The third kappa shape index (κ3) is 2.40. The van der Waals surface area contributed by atoms with Gasteiger partial charge in [0.2, 0.25) is 11.7 Å². The number of halogens is 1. The second kappa shape index (κ2) is 4.36. The summed E-state index contributed by atoms with van der Waals surface area (Å²) in [5.74, 6) is 0.398. The first kappa shape index (κ1) is 10.7. The van der Waals surface area contributed by atoms with Crippen LogP contribution in [0.15, 0.2) is 22.9 Å². The van der Waals surface area contributed by atoms with Crippen molar-refractivity contribution >= 4 is 0 Å². The van der Waals surface area contributed by atoms with Crippen molar-refractivity contribution in [2.24, 2.45) is 5.73 Å². The number of hydrogen-bond acceptors (Lipinski definition) is 5. The Labute approximate surface area is 91.5 Å². The minimum absolute atomic E-state index is 0.0468. The predicted octanol–water partition coefficient (Wildman–Crippen LogP) is 1.16. The Balaban J connectivity index is 2.21. The van der Waals surface area contributed by atoms with E-state index in [4.69, 9.17) is 10.3 Å². The second-order valence-electron chi connectivity index (χ2n) is 3.55. The average molecular weight is 222 g/mol. The first-order valence-electron chi connectivity index (χ1n) is 4.85. The summed E-state index contributed by atoms with van der Waals surface area (Å²) in [5, 5.41) is 3.74. The number of rotatable bonds is 3. The van der Waals surface area contributed by atoms with Crippen molar-refractivity contribution in [2.75, 3.05) is 0 Å². The Morgan fingerprint density at radius 2 is 2.31 bits per heavy atom. The lowest BCUT2D eigenvalue weighted by atomic mass is 10.2. The third-order valence-corrected chi connectivity index (χ3v) is 1.92. The molecule has 0 aliphatic carbocycles. The van der Waals surface area contributed by atoms with Gasteiger partial charge >= 0.3 is 0 Å². The van der Waals surface area contributed by atoms with Crippen LogP contribution in [0.4, 0.5) is 4.39 Å². The molecule has 6 heteroatoms. The van der Waals surface area contributed by atoms with Crippen LogP contribution in [0.1, 0.15) is 12.8 Å². The summed E-state index contributed by atoms with van der Waals surface area (Å²) in [5.41, 5.74) is 6.07. The van der Waals surface area contributed by atoms with Gasteiger partial charge in [-0.2, -0.15) is 4.98 Å². The lowest BCUT2D eigenvalue weighted by Crippen LogP contribution is -2.17. The van der Waals surface area contributed by atoms with Gasteiger partial charge in [0.15, 0.2) is 0 Å². The predicted molar refractivity (Wildman–Crippen MR) is 54.8 cm³/mol. The molecule has 5 nitrogen and oxygen atoms in total. The van der Waals surface area contributed by atoms with Crippen LogP contribution in [-0.4, -0.2) is 21.2 Å². The lowest BCUT2D eigenvalue weighted by molar-refractivity contribution is 0.372. The Kier molecular flexibility index (Phi) is 2.91. The zero-order valence-corrected chi connectivity index (χ0v) is 8.72. The molecule has 2 aromatic heterocycles. The summed E-state index contributed by atoms with van der Waals surface area (Å²) in [7, 11) is 0. The van der Waals surface area contributed by atoms with E-state index in [9.17, 15) is 4.39 Å². The van der Waals surface area contributed by atoms with Gasteiger partial charge in [-0.05, 0) is 19.1 Å². The molecule has 0 aromatic carbocycles. The summed E-state index contributed by atoms with van der Waals surface area (Å²) in [4.78, 5) is 7.96. The summed E-state index contributed by atoms with van der Waals surface area (Å²) in [6.45, 7) is 1.85. The van der Waals surface area contributed by atoms with E-state index in [0.717, 1.165) is 6.20 Å². The van der Waals surface area contributed by atoms with Crippen LogP contribution in [0, 0.1) is 5.82 Å². The van der Waals surface area contributed by atoms with Gasteiger partial charge in [0.1, 0.15) is 11.5 Å². The van der Waals surface area contributed by atoms with Crippen molar-refractivity contribution < 1.29 is 8.91 Å². The standard InChI is InChI=1S/C10H11FN4O/c1-6(12)4-9-14-10(15-16-9)8-3-2-7(11)5-13-8/h2-3,5-6H,4,12H2,1H3. The van der Waals surface area contributed by atoms with E-state index < -0.39 is 5.82 Å². The van der Waals surface area contributed by atoms with Crippen molar-refractivity contribution in [1.82, 2.24) is 15.1 Å². The van der Waals surface area contributed by atoms with Crippen LogP contribution in [0.3, 0.4) is 0 Å². The van der Waals surface area contributed by atoms with Crippen molar-refractivity contribution in [1.29, 1.82) is 0 Å². The maximum absolute atomic E-state index is 12.6. The molecule has 16 heavy (non-hydrogen) atoms. The number of nitrogens with zero attached hydrogens (tertiary/aromatic N) is 3. The smallest absolute Gasteiger partial charge is 0.228 e. The monoisotopic (exact) mass is 222 g/mol. The molecule has 0 radical (unpaired) electrons. The van der Waals surface area contributed by atoms with Crippen LogP contribution >= 0.6 is 0 Å². The first-order chi connectivity index (χ1) is 7.65. The lowest BCUT2D eigenvalue weighted by Gasteiger charge is -1.96. The van der Waals surface area contributed by atoms with Crippen LogP contribution in [0.5, 0.6) is 0 Å². The maximum atomic E-state index is 12.6. The van der Waals surface area contributed by atoms with Crippen LogP contribution in [-0.2, 0) is 6.42 Å². The van der Waals surface area contributed by atoms with Gasteiger partial charge in [-0.15, -0.1) is 0 Å². The molecule has 2 aromatic rings. The Bertz CT molecular complexity index is 466. The van der Waals surface area contributed by atoms with Gasteiger partial charge in [0.25, 0.3) is 0 Å². The average Bonchev–Trinajstić information content (AvgIpc) is 2.66. The van der Waals surface area contributed by atoms with Crippen LogP contribution in [0.2, 0.25) is 0 Å². The number of pyridine rings is 1. The molecule has 0 amide bonds. The van der Waals surface area contributed by atoms with Gasteiger partial charge in [-0.3, -0.25) is 0 Å². The zero-order chi connectivity index (χ0) is 11.5. The van der Waals surface area contributed by atoms with Crippen molar-refractivity contribution in [3.05, 3.63) is 30.0 Å². The molecule has 84 valence electrons. The van der Waals surface area contributed by atoms with Gasteiger partial charge in [-0.1, -0.05) is 5.16 Å². The molecule has 0 saturated carbocycles. The fourth-order valence-corrected chi connectivity index (χ4v) is 1.23. The molecule has 0 saturated heterocycles. The van der Waals surface area contributed by atoms with E-state index in [1.54, 1.807) is 0 Å². The zero-order valence-electron chi connectivity index (χ0n) is 8.72. The van der Waals surface area contributed by atoms with Gasteiger partial charge in [0.05, 0.1) is 6.20 Å². The van der Waals surface area contributed by atoms with E-state index in [-0.39, 0.29) is 6.04 Å². The quantitative estimate of drug-likeness (QED) is 0.843. The Hall–Kier alpha value is -1.82. The van der Waals surface area contributed by atoms with E-state index in [0.29, 0.717) is 23.8 Å². The fourth-order valence-electron chi connectivity index (χ4n) is 1.23. The normalized spacial score (nSPS) is 12.7.